The number of pyridine rings is 1. The number of benzene rings is 1. The molecular weight excluding hydrogens is 240 g/mol. The summed E-state index contributed by atoms with van der Waals surface area (Å²) in [5, 5.41) is 13.1. The first-order chi connectivity index (χ1) is 9.22. The average Bonchev–Trinajstić information content (AvgIpc) is 2.46. The number of aliphatic hydroxyl groups is 1. The Bertz CT molecular complexity index is 564. The molecule has 0 bridgehead atoms. The van der Waals surface area contributed by atoms with E-state index >= 15 is 0 Å². The standard InChI is InChI=1S/C15H18N2O2/c1-2-11(18)8-10-17-15(19)13-5-3-7-14-12(13)6-4-9-16-14/h3-7,9,11,18H,2,8,10H2,1H3,(H,17,19). The second kappa shape index (κ2) is 6.29. The van der Waals surface area contributed by atoms with E-state index in [1.165, 1.54) is 0 Å². The zero-order chi connectivity index (χ0) is 13.7. The highest BCUT2D eigenvalue weighted by Crippen LogP contribution is 2.16. The third kappa shape index (κ3) is 3.29. The van der Waals surface area contributed by atoms with E-state index in [2.05, 4.69) is 10.3 Å². The van der Waals surface area contributed by atoms with Gasteiger partial charge in [0.1, 0.15) is 0 Å². The molecule has 0 radical (unpaired) electrons. The van der Waals surface area contributed by atoms with Crippen molar-refractivity contribution in [2.24, 2.45) is 0 Å². The number of nitrogens with zero attached hydrogens (tertiary/aromatic N) is 1. The molecule has 1 unspecified atom stereocenters. The summed E-state index contributed by atoms with van der Waals surface area (Å²) >= 11 is 0. The van der Waals surface area contributed by atoms with Crippen LogP contribution in [0, 0.1) is 0 Å². The zero-order valence-electron chi connectivity index (χ0n) is 11.0. The van der Waals surface area contributed by atoms with Gasteiger partial charge < -0.3 is 10.4 Å². The molecule has 0 aliphatic rings. The number of aliphatic hydroxyl groups excluding tert-OH is 1. The first-order valence-electron chi connectivity index (χ1n) is 6.52. The van der Waals surface area contributed by atoms with Crippen molar-refractivity contribution >= 4 is 16.8 Å². The van der Waals surface area contributed by atoms with Crippen molar-refractivity contribution in [2.75, 3.05) is 6.54 Å². The maximum Gasteiger partial charge on any atom is 0.251 e. The second-order valence-electron chi connectivity index (χ2n) is 4.48. The van der Waals surface area contributed by atoms with Crippen LogP contribution in [0.2, 0.25) is 0 Å². The van der Waals surface area contributed by atoms with Crippen LogP contribution in [0.25, 0.3) is 10.9 Å². The molecule has 0 fully saturated rings. The van der Waals surface area contributed by atoms with Crippen molar-refractivity contribution in [1.82, 2.24) is 10.3 Å². The minimum absolute atomic E-state index is 0.123. The van der Waals surface area contributed by atoms with Crippen molar-refractivity contribution in [3.8, 4) is 0 Å². The highest BCUT2D eigenvalue weighted by molar-refractivity contribution is 6.06. The zero-order valence-corrected chi connectivity index (χ0v) is 11.0. The molecule has 1 heterocycles. The van der Waals surface area contributed by atoms with E-state index in [0.29, 0.717) is 24.9 Å². The lowest BCUT2D eigenvalue weighted by Gasteiger charge is -2.10. The second-order valence-corrected chi connectivity index (χ2v) is 4.48. The Morgan fingerprint density at radius 1 is 1.37 bits per heavy atom. The summed E-state index contributed by atoms with van der Waals surface area (Å²) in [6.45, 7) is 2.40. The van der Waals surface area contributed by atoms with Crippen LogP contribution in [0.5, 0.6) is 0 Å². The van der Waals surface area contributed by atoms with Gasteiger partial charge in [0.15, 0.2) is 0 Å². The Labute approximate surface area is 112 Å². The van der Waals surface area contributed by atoms with Gasteiger partial charge >= 0.3 is 0 Å². The molecule has 1 atom stereocenters. The largest absolute Gasteiger partial charge is 0.393 e. The number of rotatable bonds is 5. The topological polar surface area (TPSA) is 62.2 Å². The minimum atomic E-state index is -0.352. The Balaban J connectivity index is 2.09. The Morgan fingerprint density at radius 2 is 2.21 bits per heavy atom. The molecule has 1 aromatic carbocycles. The van der Waals surface area contributed by atoms with Crippen LogP contribution in [-0.4, -0.2) is 28.6 Å². The number of carbonyl (C=O) groups excluding carboxylic acids is 1. The summed E-state index contributed by atoms with van der Waals surface area (Å²) in [7, 11) is 0. The normalized spacial score (nSPS) is 12.3. The maximum atomic E-state index is 12.1. The SMILES string of the molecule is CCC(O)CCNC(=O)c1cccc2ncccc12. The van der Waals surface area contributed by atoms with Crippen LogP contribution >= 0.6 is 0 Å². The summed E-state index contributed by atoms with van der Waals surface area (Å²) in [4.78, 5) is 16.3. The van der Waals surface area contributed by atoms with Crippen molar-refractivity contribution in [1.29, 1.82) is 0 Å². The lowest BCUT2D eigenvalue weighted by Crippen LogP contribution is -2.27. The summed E-state index contributed by atoms with van der Waals surface area (Å²) in [6, 6.07) is 9.20. The smallest absolute Gasteiger partial charge is 0.251 e. The molecule has 2 aromatic rings. The van der Waals surface area contributed by atoms with E-state index in [9.17, 15) is 9.90 Å². The minimum Gasteiger partial charge on any atom is -0.393 e. The Morgan fingerprint density at radius 3 is 3.00 bits per heavy atom. The molecule has 1 amide bonds. The number of hydrogen-bond acceptors (Lipinski definition) is 3. The summed E-state index contributed by atoms with van der Waals surface area (Å²) in [5.41, 5.74) is 1.43. The van der Waals surface area contributed by atoms with Gasteiger partial charge in [-0.3, -0.25) is 9.78 Å². The molecular formula is C15H18N2O2. The molecule has 4 heteroatoms. The van der Waals surface area contributed by atoms with Gasteiger partial charge in [0, 0.05) is 23.7 Å². The van der Waals surface area contributed by atoms with Crippen LogP contribution in [-0.2, 0) is 0 Å². The quantitative estimate of drug-likeness (QED) is 0.863. The van der Waals surface area contributed by atoms with Gasteiger partial charge in [-0.1, -0.05) is 19.1 Å². The molecule has 19 heavy (non-hydrogen) atoms. The van der Waals surface area contributed by atoms with Gasteiger partial charge in [-0.15, -0.1) is 0 Å². The first-order valence-corrected chi connectivity index (χ1v) is 6.52. The van der Waals surface area contributed by atoms with E-state index in [-0.39, 0.29) is 12.0 Å². The Kier molecular flexibility index (Phi) is 4.47. The van der Waals surface area contributed by atoms with E-state index in [1.54, 1.807) is 12.3 Å². The van der Waals surface area contributed by atoms with Crippen LogP contribution in [0.1, 0.15) is 30.1 Å². The molecule has 4 nitrogen and oxygen atoms in total. The fraction of sp³-hybridized carbons (Fsp3) is 0.333. The van der Waals surface area contributed by atoms with Crippen LogP contribution in [0.15, 0.2) is 36.5 Å². The van der Waals surface area contributed by atoms with Gasteiger partial charge in [0.2, 0.25) is 0 Å². The van der Waals surface area contributed by atoms with Crippen LogP contribution in [0.3, 0.4) is 0 Å². The summed E-state index contributed by atoms with van der Waals surface area (Å²) < 4.78 is 0. The summed E-state index contributed by atoms with van der Waals surface area (Å²) in [6.07, 6.45) is 2.63. The van der Waals surface area contributed by atoms with Crippen LogP contribution in [0.4, 0.5) is 0 Å². The molecule has 2 rings (SSSR count). The maximum absolute atomic E-state index is 12.1. The average molecular weight is 258 g/mol. The van der Waals surface area contributed by atoms with Gasteiger partial charge in [0.05, 0.1) is 11.6 Å². The first kappa shape index (κ1) is 13.5. The molecule has 0 aliphatic carbocycles. The molecule has 1 aromatic heterocycles. The van der Waals surface area contributed by atoms with Gasteiger partial charge in [-0.25, -0.2) is 0 Å². The van der Waals surface area contributed by atoms with Crippen molar-refractivity contribution in [3.63, 3.8) is 0 Å². The summed E-state index contributed by atoms with van der Waals surface area (Å²) in [5.74, 6) is -0.123. The molecule has 2 N–H and O–H groups in total. The number of hydrogen-bond donors (Lipinski definition) is 2. The van der Waals surface area contributed by atoms with Crippen molar-refractivity contribution < 1.29 is 9.90 Å². The molecule has 0 spiro atoms. The number of fused-ring (bicyclic) bond motifs is 1. The third-order valence-electron chi connectivity index (χ3n) is 3.12. The van der Waals surface area contributed by atoms with Crippen molar-refractivity contribution in [3.05, 3.63) is 42.1 Å². The van der Waals surface area contributed by atoms with Crippen molar-refractivity contribution in [2.45, 2.75) is 25.9 Å². The fourth-order valence-corrected chi connectivity index (χ4v) is 1.95. The number of carbonyl (C=O) groups is 1. The van der Waals surface area contributed by atoms with Gasteiger partial charge in [-0.2, -0.15) is 0 Å². The Hall–Kier alpha value is -1.94. The predicted octanol–water partition coefficient (Wildman–Crippen LogP) is 2.13. The van der Waals surface area contributed by atoms with E-state index < -0.39 is 0 Å². The van der Waals surface area contributed by atoms with Crippen LogP contribution < -0.4 is 5.32 Å². The molecule has 0 saturated heterocycles. The highest BCUT2D eigenvalue weighted by Gasteiger charge is 2.10. The van der Waals surface area contributed by atoms with E-state index in [4.69, 9.17) is 0 Å². The molecule has 100 valence electrons. The predicted molar refractivity (Wildman–Crippen MR) is 75.0 cm³/mol. The monoisotopic (exact) mass is 258 g/mol. The number of aromatic nitrogens is 1. The number of nitrogens with one attached hydrogen (secondary N) is 1. The highest BCUT2D eigenvalue weighted by atomic mass is 16.3. The number of amides is 1. The van der Waals surface area contributed by atoms with Gasteiger partial charge in [-0.05, 0) is 31.0 Å². The lowest BCUT2D eigenvalue weighted by atomic mass is 10.1. The van der Waals surface area contributed by atoms with Gasteiger partial charge in [0.25, 0.3) is 5.91 Å². The molecule has 0 saturated carbocycles. The lowest BCUT2D eigenvalue weighted by molar-refractivity contribution is 0.0943. The fourth-order valence-electron chi connectivity index (χ4n) is 1.95. The van der Waals surface area contributed by atoms with E-state index in [1.807, 2.05) is 31.2 Å². The third-order valence-corrected chi connectivity index (χ3v) is 3.12. The molecule has 0 aliphatic heterocycles. The van der Waals surface area contributed by atoms with E-state index in [0.717, 1.165) is 10.9 Å².